The molecule has 0 spiro atoms. The molecule has 0 aliphatic heterocycles. The first-order chi connectivity index (χ1) is 15.7. The van der Waals surface area contributed by atoms with Gasteiger partial charge in [0.05, 0.1) is 43.1 Å². The number of methoxy groups -OCH3 is 2. The molecule has 2 N–H and O–H groups in total. The molecular weight excluding hydrogens is 448 g/mol. The number of sulfonamides is 1. The summed E-state index contributed by atoms with van der Waals surface area (Å²) in [5.41, 5.74) is 0.171. The summed E-state index contributed by atoms with van der Waals surface area (Å²) in [7, 11) is -1.12. The Labute approximate surface area is 195 Å². The normalized spacial score (nSPS) is 11.2. The Bertz CT molecular complexity index is 1020. The topological polar surface area (TPSA) is 112 Å². The van der Waals surface area contributed by atoms with Crippen molar-refractivity contribution in [3.05, 3.63) is 42.0 Å². The average molecular weight is 481 g/mol. The van der Waals surface area contributed by atoms with Crippen LogP contribution in [0.2, 0.25) is 0 Å². The highest BCUT2D eigenvalue weighted by atomic mass is 32.2. The number of ether oxygens (including phenoxy) is 4. The molecule has 10 heteroatoms. The molecule has 2 aromatic rings. The predicted molar refractivity (Wildman–Crippen MR) is 126 cm³/mol. The molecule has 0 aromatic heterocycles. The van der Waals surface area contributed by atoms with Crippen molar-refractivity contribution in [1.29, 1.82) is 0 Å². The van der Waals surface area contributed by atoms with E-state index in [1.165, 1.54) is 38.5 Å². The highest BCUT2D eigenvalue weighted by Gasteiger charge is 2.22. The van der Waals surface area contributed by atoms with Crippen LogP contribution in [0.5, 0.6) is 17.2 Å². The van der Waals surface area contributed by atoms with Crippen molar-refractivity contribution in [2.45, 2.75) is 38.2 Å². The molecule has 33 heavy (non-hydrogen) atoms. The molecule has 2 aromatic carbocycles. The van der Waals surface area contributed by atoms with Crippen LogP contribution >= 0.6 is 0 Å². The Hall–Kier alpha value is -2.98. The largest absolute Gasteiger partial charge is 0.494 e. The zero-order chi connectivity index (χ0) is 24.4. The molecule has 0 radical (unpaired) electrons. The highest BCUT2D eigenvalue weighted by molar-refractivity contribution is 7.92. The standard InChI is InChI=1S/C23H32N2O7S/c1-6-31-17-8-10-18(11-9-17)33(27,28)25-20-15-22(30-5)21(29-4)14-19(20)23(26)24-12-7-13-32-16(2)3/h8-11,14-16,25H,6-7,12-13H2,1-5H3,(H,24,26). The first-order valence-electron chi connectivity index (χ1n) is 10.6. The van der Waals surface area contributed by atoms with Gasteiger partial charge in [0.15, 0.2) is 11.5 Å². The fourth-order valence-corrected chi connectivity index (χ4v) is 4.00. The summed E-state index contributed by atoms with van der Waals surface area (Å²) >= 11 is 0. The number of carbonyl (C=O) groups excluding carboxylic acids is 1. The van der Waals surface area contributed by atoms with Gasteiger partial charge in [-0.15, -0.1) is 0 Å². The zero-order valence-electron chi connectivity index (χ0n) is 19.6. The van der Waals surface area contributed by atoms with Crippen molar-refractivity contribution in [2.24, 2.45) is 0 Å². The number of amides is 1. The quantitative estimate of drug-likeness (QED) is 0.422. The van der Waals surface area contributed by atoms with Gasteiger partial charge in [-0.25, -0.2) is 8.42 Å². The second-order valence-corrected chi connectivity index (χ2v) is 8.97. The van der Waals surface area contributed by atoms with Gasteiger partial charge in [-0.2, -0.15) is 0 Å². The molecule has 2 rings (SSSR count). The van der Waals surface area contributed by atoms with Crippen molar-refractivity contribution in [3.63, 3.8) is 0 Å². The van der Waals surface area contributed by atoms with Crippen molar-refractivity contribution in [2.75, 3.05) is 38.7 Å². The molecule has 182 valence electrons. The molecule has 0 heterocycles. The number of hydrogen-bond donors (Lipinski definition) is 2. The Kier molecular flexibility index (Phi) is 9.80. The Morgan fingerprint density at radius 1 is 1.03 bits per heavy atom. The zero-order valence-corrected chi connectivity index (χ0v) is 20.5. The molecule has 0 unspecified atom stereocenters. The summed E-state index contributed by atoms with van der Waals surface area (Å²) in [6.45, 7) is 7.05. The van der Waals surface area contributed by atoms with E-state index in [-0.39, 0.29) is 28.0 Å². The lowest BCUT2D eigenvalue weighted by atomic mass is 10.1. The van der Waals surface area contributed by atoms with E-state index in [4.69, 9.17) is 18.9 Å². The van der Waals surface area contributed by atoms with Crippen LogP contribution in [0.4, 0.5) is 5.69 Å². The highest BCUT2D eigenvalue weighted by Crippen LogP contribution is 2.34. The van der Waals surface area contributed by atoms with Gasteiger partial charge in [0, 0.05) is 19.2 Å². The van der Waals surface area contributed by atoms with Gasteiger partial charge >= 0.3 is 0 Å². The smallest absolute Gasteiger partial charge is 0.261 e. The fourth-order valence-electron chi connectivity index (χ4n) is 2.93. The number of anilines is 1. The maximum Gasteiger partial charge on any atom is 0.261 e. The van der Waals surface area contributed by atoms with Gasteiger partial charge in [-0.1, -0.05) is 0 Å². The predicted octanol–water partition coefficient (Wildman–Crippen LogP) is 3.45. The second-order valence-electron chi connectivity index (χ2n) is 7.29. The van der Waals surface area contributed by atoms with Crippen LogP contribution in [0.1, 0.15) is 37.6 Å². The van der Waals surface area contributed by atoms with E-state index >= 15 is 0 Å². The van der Waals surface area contributed by atoms with Crippen LogP contribution in [0.3, 0.4) is 0 Å². The van der Waals surface area contributed by atoms with E-state index in [0.717, 1.165) is 0 Å². The maximum absolute atomic E-state index is 13.0. The van der Waals surface area contributed by atoms with E-state index in [9.17, 15) is 13.2 Å². The minimum absolute atomic E-state index is 0.0259. The van der Waals surface area contributed by atoms with Crippen molar-refractivity contribution < 1.29 is 32.2 Å². The summed E-state index contributed by atoms with van der Waals surface area (Å²) in [6, 6.07) is 8.86. The maximum atomic E-state index is 13.0. The Morgan fingerprint density at radius 2 is 1.67 bits per heavy atom. The molecule has 0 saturated carbocycles. The second kappa shape index (κ2) is 12.3. The summed E-state index contributed by atoms with van der Waals surface area (Å²) in [4.78, 5) is 12.9. The molecule has 9 nitrogen and oxygen atoms in total. The third kappa shape index (κ3) is 7.54. The van der Waals surface area contributed by atoms with E-state index in [2.05, 4.69) is 10.0 Å². The number of nitrogens with one attached hydrogen (secondary N) is 2. The number of carbonyl (C=O) groups is 1. The first kappa shape index (κ1) is 26.3. The molecule has 0 saturated heterocycles. The van der Waals surface area contributed by atoms with E-state index < -0.39 is 15.9 Å². The van der Waals surface area contributed by atoms with Crippen LogP contribution < -0.4 is 24.2 Å². The first-order valence-corrected chi connectivity index (χ1v) is 12.1. The van der Waals surface area contributed by atoms with Gasteiger partial charge in [-0.05, 0) is 57.5 Å². The average Bonchev–Trinajstić information content (AvgIpc) is 2.78. The number of benzene rings is 2. The Morgan fingerprint density at radius 3 is 2.24 bits per heavy atom. The molecule has 0 aliphatic carbocycles. The summed E-state index contributed by atoms with van der Waals surface area (Å²) in [6.07, 6.45) is 0.722. The molecule has 1 amide bonds. The van der Waals surface area contributed by atoms with Crippen LogP contribution in [-0.4, -0.2) is 54.4 Å². The number of rotatable bonds is 13. The lowest BCUT2D eigenvalue weighted by Gasteiger charge is -2.17. The third-order valence-electron chi connectivity index (χ3n) is 4.52. The summed E-state index contributed by atoms with van der Waals surface area (Å²) in [5.74, 6) is 0.688. The minimum Gasteiger partial charge on any atom is -0.494 e. The molecule has 0 bridgehead atoms. The summed E-state index contributed by atoms with van der Waals surface area (Å²) < 4.78 is 49.9. The molecular formula is C23H32N2O7S. The van der Waals surface area contributed by atoms with Crippen LogP contribution in [0.15, 0.2) is 41.3 Å². The molecule has 0 fully saturated rings. The third-order valence-corrected chi connectivity index (χ3v) is 5.90. The van der Waals surface area contributed by atoms with Crippen LogP contribution in [0.25, 0.3) is 0 Å². The number of hydrogen-bond acceptors (Lipinski definition) is 7. The summed E-state index contributed by atoms with van der Waals surface area (Å²) in [5, 5.41) is 2.78. The lowest BCUT2D eigenvalue weighted by Crippen LogP contribution is -2.27. The molecule has 0 aliphatic rings. The fraction of sp³-hybridized carbons (Fsp3) is 0.435. The van der Waals surface area contributed by atoms with Crippen molar-refractivity contribution >= 4 is 21.6 Å². The van der Waals surface area contributed by atoms with Gasteiger partial charge in [0.1, 0.15) is 5.75 Å². The van der Waals surface area contributed by atoms with E-state index in [1.54, 1.807) is 12.1 Å². The van der Waals surface area contributed by atoms with E-state index in [1.807, 2.05) is 20.8 Å². The monoisotopic (exact) mass is 480 g/mol. The van der Waals surface area contributed by atoms with Crippen LogP contribution in [0, 0.1) is 0 Å². The Balaban J connectivity index is 2.29. The van der Waals surface area contributed by atoms with Crippen LogP contribution in [-0.2, 0) is 14.8 Å². The minimum atomic E-state index is -3.99. The van der Waals surface area contributed by atoms with Crippen molar-refractivity contribution in [1.82, 2.24) is 5.32 Å². The van der Waals surface area contributed by atoms with Gasteiger partial charge in [0.2, 0.25) is 0 Å². The van der Waals surface area contributed by atoms with Crippen molar-refractivity contribution in [3.8, 4) is 17.2 Å². The van der Waals surface area contributed by atoms with Gasteiger partial charge in [-0.3, -0.25) is 9.52 Å². The lowest BCUT2D eigenvalue weighted by molar-refractivity contribution is 0.0757. The van der Waals surface area contributed by atoms with E-state index in [0.29, 0.717) is 37.7 Å². The molecule has 0 atom stereocenters. The van der Waals surface area contributed by atoms with Gasteiger partial charge < -0.3 is 24.3 Å². The SMILES string of the molecule is CCOc1ccc(S(=O)(=O)Nc2cc(OC)c(OC)cc2C(=O)NCCCOC(C)C)cc1. The van der Waals surface area contributed by atoms with Gasteiger partial charge in [0.25, 0.3) is 15.9 Å².